The summed E-state index contributed by atoms with van der Waals surface area (Å²) in [5, 5.41) is 4.99. The fourth-order valence-electron chi connectivity index (χ4n) is 2.57. The second kappa shape index (κ2) is 9.50. The number of anilines is 1. The Morgan fingerprint density at radius 3 is 2.36 bits per heavy atom. The van der Waals surface area contributed by atoms with Gasteiger partial charge in [-0.1, -0.05) is 42.5 Å². The molecule has 3 aromatic carbocycles. The van der Waals surface area contributed by atoms with E-state index in [4.69, 9.17) is 4.74 Å². The van der Waals surface area contributed by atoms with Crippen LogP contribution in [0.25, 0.3) is 0 Å². The average Bonchev–Trinajstić information content (AvgIpc) is 2.70. The maximum atomic E-state index is 13.5. The first-order valence-corrected chi connectivity index (χ1v) is 8.86. The number of hydrogen-bond acceptors (Lipinski definition) is 2. The van der Waals surface area contributed by atoms with Crippen molar-refractivity contribution >= 4 is 11.7 Å². The molecule has 6 heteroatoms. The molecule has 0 aliphatic heterocycles. The van der Waals surface area contributed by atoms with Crippen LogP contribution in [0.3, 0.4) is 0 Å². The van der Waals surface area contributed by atoms with Crippen molar-refractivity contribution in [3.8, 4) is 5.75 Å². The SMILES string of the molecule is O=C(NCCc1ccc(OCc2ccccc2)cc1)Nc1ccc(F)cc1F. The molecule has 0 fully saturated rings. The highest BCUT2D eigenvalue weighted by Crippen LogP contribution is 2.15. The summed E-state index contributed by atoms with van der Waals surface area (Å²) in [6, 6.07) is 20.0. The van der Waals surface area contributed by atoms with Gasteiger partial charge in [0, 0.05) is 12.6 Å². The number of carbonyl (C=O) groups is 1. The Kier molecular flexibility index (Phi) is 6.57. The molecule has 0 atom stereocenters. The summed E-state index contributed by atoms with van der Waals surface area (Å²) >= 11 is 0. The largest absolute Gasteiger partial charge is 0.489 e. The van der Waals surface area contributed by atoms with Crippen LogP contribution in [-0.2, 0) is 13.0 Å². The number of ether oxygens (including phenoxy) is 1. The highest BCUT2D eigenvalue weighted by molar-refractivity contribution is 5.89. The molecule has 0 saturated carbocycles. The molecule has 0 bridgehead atoms. The molecule has 2 N–H and O–H groups in total. The number of amides is 2. The molecule has 4 nitrogen and oxygen atoms in total. The molecule has 0 aliphatic rings. The Labute approximate surface area is 162 Å². The third-order valence-electron chi connectivity index (χ3n) is 4.05. The third-order valence-corrected chi connectivity index (χ3v) is 4.05. The lowest BCUT2D eigenvalue weighted by molar-refractivity contribution is 0.252. The van der Waals surface area contributed by atoms with Gasteiger partial charge in [0.15, 0.2) is 0 Å². The van der Waals surface area contributed by atoms with E-state index in [1.807, 2.05) is 54.6 Å². The molecule has 0 aromatic heterocycles. The molecule has 0 radical (unpaired) electrons. The number of urea groups is 1. The minimum Gasteiger partial charge on any atom is -0.489 e. The van der Waals surface area contributed by atoms with Gasteiger partial charge in [0.05, 0.1) is 5.69 Å². The van der Waals surface area contributed by atoms with E-state index in [0.29, 0.717) is 19.6 Å². The highest BCUT2D eigenvalue weighted by Gasteiger charge is 2.07. The quantitative estimate of drug-likeness (QED) is 0.610. The summed E-state index contributed by atoms with van der Waals surface area (Å²) in [5.41, 5.74) is 2.05. The average molecular weight is 382 g/mol. The van der Waals surface area contributed by atoms with Gasteiger partial charge >= 0.3 is 6.03 Å². The van der Waals surface area contributed by atoms with Crippen LogP contribution in [0.4, 0.5) is 19.3 Å². The van der Waals surface area contributed by atoms with E-state index in [9.17, 15) is 13.6 Å². The topological polar surface area (TPSA) is 50.4 Å². The van der Waals surface area contributed by atoms with Gasteiger partial charge in [-0.3, -0.25) is 0 Å². The Morgan fingerprint density at radius 1 is 0.893 bits per heavy atom. The fourth-order valence-corrected chi connectivity index (χ4v) is 2.57. The molecule has 28 heavy (non-hydrogen) atoms. The highest BCUT2D eigenvalue weighted by atomic mass is 19.1. The minimum atomic E-state index is -0.818. The fraction of sp³-hybridized carbons (Fsp3) is 0.136. The first kappa shape index (κ1) is 19.4. The molecule has 144 valence electrons. The molecular formula is C22H20F2N2O2. The molecule has 3 rings (SSSR count). The summed E-state index contributed by atoms with van der Waals surface area (Å²) in [7, 11) is 0. The van der Waals surface area contributed by atoms with E-state index >= 15 is 0 Å². The Bertz CT molecular complexity index is 916. The lowest BCUT2D eigenvalue weighted by atomic mass is 10.1. The van der Waals surface area contributed by atoms with Crippen LogP contribution >= 0.6 is 0 Å². The molecule has 0 unspecified atom stereocenters. The van der Waals surface area contributed by atoms with Crippen LogP contribution < -0.4 is 15.4 Å². The summed E-state index contributed by atoms with van der Waals surface area (Å²) in [6.45, 7) is 0.876. The predicted octanol–water partition coefficient (Wildman–Crippen LogP) is 4.91. The molecule has 2 amide bonds. The van der Waals surface area contributed by atoms with Gasteiger partial charge in [0.1, 0.15) is 24.0 Å². The van der Waals surface area contributed by atoms with Crippen molar-refractivity contribution in [3.63, 3.8) is 0 Å². The zero-order chi connectivity index (χ0) is 19.8. The normalized spacial score (nSPS) is 10.4. The number of nitrogens with one attached hydrogen (secondary N) is 2. The van der Waals surface area contributed by atoms with Crippen molar-refractivity contribution in [2.24, 2.45) is 0 Å². The predicted molar refractivity (Wildman–Crippen MR) is 104 cm³/mol. The van der Waals surface area contributed by atoms with Crippen molar-refractivity contribution < 1.29 is 18.3 Å². The van der Waals surface area contributed by atoms with Crippen LogP contribution in [-0.4, -0.2) is 12.6 Å². The third kappa shape index (κ3) is 5.81. The van der Waals surface area contributed by atoms with E-state index < -0.39 is 17.7 Å². The van der Waals surface area contributed by atoms with E-state index in [0.717, 1.165) is 29.0 Å². The van der Waals surface area contributed by atoms with Gasteiger partial charge < -0.3 is 15.4 Å². The second-order valence-electron chi connectivity index (χ2n) is 6.17. The Hall–Kier alpha value is -3.41. The van der Waals surface area contributed by atoms with E-state index in [1.165, 1.54) is 6.07 Å². The molecule has 0 saturated heterocycles. The van der Waals surface area contributed by atoms with Gasteiger partial charge in [-0.2, -0.15) is 0 Å². The zero-order valence-electron chi connectivity index (χ0n) is 15.1. The molecular weight excluding hydrogens is 362 g/mol. The number of rotatable bonds is 7. The molecule has 0 spiro atoms. The zero-order valence-corrected chi connectivity index (χ0v) is 15.1. The van der Waals surface area contributed by atoms with Crippen molar-refractivity contribution in [2.75, 3.05) is 11.9 Å². The van der Waals surface area contributed by atoms with Crippen LogP contribution in [0, 0.1) is 11.6 Å². The monoisotopic (exact) mass is 382 g/mol. The molecule has 3 aromatic rings. The number of halogens is 2. The van der Waals surface area contributed by atoms with Gasteiger partial charge in [-0.05, 0) is 41.8 Å². The van der Waals surface area contributed by atoms with E-state index in [2.05, 4.69) is 10.6 Å². The van der Waals surface area contributed by atoms with Gasteiger partial charge in [-0.25, -0.2) is 13.6 Å². The van der Waals surface area contributed by atoms with Crippen LogP contribution in [0.5, 0.6) is 5.75 Å². The van der Waals surface area contributed by atoms with Crippen LogP contribution in [0.15, 0.2) is 72.8 Å². The standard InChI is InChI=1S/C22H20F2N2O2/c23-18-8-11-21(20(24)14-18)26-22(27)25-13-12-16-6-9-19(10-7-16)28-15-17-4-2-1-3-5-17/h1-11,14H,12-13,15H2,(H2,25,26,27). The molecule has 0 heterocycles. The van der Waals surface area contributed by atoms with Crippen LogP contribution in [0.2, 0.25) is 0 Å². The Balaban J connectivity index is 1.41. The maximum Gasteiger partial charge on any atom is 0.319 e. The summed E-state index contributed by atoms with van der Waals surface area (Å²) < 4.78 is 32.1. The lowest BCUT2D eigenvalue weighted by Gasteiger charge is -2.09. The number of hydrogen-bond donors (Lipinski definition) is 2. The first-order chi connectivity index (χ1) is 13.6. The first-order valence-electron chi connectivity index (χ1n) is 8.86. The summed E-state index contributed by atoms with van der Waals surface area (Å²) in [5.74, 6) is -0.744. The van der Waals surface area contributed by atoms with Crippen LogP contribution in [0.1, 0.15) is 11.1 Å². The number of carbonyl (C=O) groups excluding carboxylic acids is 1. The number of benzene rings is 3. The van der Waals surface area contributed by atoms with Crippen molar-refractivity contribution in [1.82, 2.24) is 5.32 Å². The van der Waals surface area contributed by atoms with Crippen molar-refractivity contribution in [2.45, 2.75) is 13.0 Å². The smallest absolute Gasteiger partial charge is 0.319 e. The van der Waals surface area contributed by atoms with Gasteiger partial charge in [0.2, 0.25) is 0 Å². The Morgan fingerprint density at radius 2 is 1.64 bits per heavy atom. The van der Waals surface area contributed by atoms with Gasteiger partial charge in [-0.15, -0.1) is 0 Å². The minimum absolute atomic E-state index is 0.0705. The second-order valence-corrected chi connectivity index (χ2v) is 6.17. The van der Waals surface area contributed by atoms with E-state index in [1.54, 1.807) is 0 Å². The van der Waals surface area contributed by atoms with E-state index in [-0.39, 0.29) is 5.69 Å². The maximum absolute atomic E-state index is 13.5. The lowest BCUT2D eigenvalue weighted by Crippen LogP contribution is -2.30. The van der Waals surface area contributed by atoms with Crippen molar-refractivity contribution in [1.29, 1.82) is 0 Å². The van der Waals surface area contributed by atoms with Crippen molar-refractivity contribution in [3.05, 3.63) is 95.6 Å². The molecule has 0 aliphatic carbocycles. The summed E-state index contributed by atoms with van der Waals surface area (Å²) in [6.07, 6.45) is 0.609. The van der Waals surface area contributed by atoms with Gasteiger partial charge in [0.25, 0.3) is 0 Å². The summed E-state index contributed by atoms with van der Waals surface area (Å²) in [4.78, 5) is 11.8.